The van der Waals surface area contributed by atoms with Crippen molar-refractivity contribution in [3.63, 3.8) is 0 Å². The molecule has 178 valence electrons. The van der Waals surface area contributed by atoms with Crippen LogP contribution in [0.3, 0.4) is 0 Å². The molecule has 2 aromatic heterocycles. The van der Waals surface area contributed by atoms with Gasteiger partial charge in [-0.2, -0.15) is 5.10 Å². The van der Waals surface area contributed by atoms with Gasteiger partial charge < -0.3 is 13.9 Å². The number of carbonyl (C=O) groups excluding carboxylic acids is 1. The molecule has 0 aliphatic carbocycles. The second-order valence-corrected chi connectivity index (χ2v) is 8.34. The van der Waals surface area contributed by atoms with Crippen LogP contribution in [0.5, 0.6) is 5.75 Å². The zero-order chi connectivity index (χ0) is 24.2. The van der Waals surface area contributed by atoms with E-state index >= 15 is 0 Å². The van der Waals surface area contributed by atoms with Crippen molar-refractivity contribution in [1.82, 2.24) is 14.7 Å². The van der Waals surface area contributed by atoms with Crippen molar-refractivity contribution in [2.75, 3.05) is 6.61 Å². The van der Waals surface area contributed by atoms with Gasteiger partial charge in [-0.25, -0.2) is 9.48 Å². The summed E-state index contributed by atoms with van der Waals surface area (Å²) in [6, 6.07) is 17.3. The highest BCUT2D eigenvalue weighted by atomic mass is 16.5. The highest BCUT2D eigenvalue weighted by Crippen LogP contribution is 2.24. The minimum absolute atomic E-state index is 0.175. The zero-order valence-corrected chi connectivity index (χ0v) is 19.3. The van der Waals surface area contributed by atoms with Gasteiger partial charge in [0.2, 0.25) is 11.2 Å². The number of aromatic nitrogens is 2. The van der Waals surface area contributed by atoms with Gasteiger partial charge in [-0.05, 0) is 35.7 Å². The van der Waals surface area contributed by atoms with Crippen molar-refractivity contribution in [3.8, 4) is 11.4 Å². The number of fused-ring (bicyclic) bond motifs is 1. The summed E-state index contributed by atoms with van der Waals surface area (Å²) in [5, 5.41) is 4.21. The van der Waals surface area contributed by atoms with Crippen LogP contribution in [0.2, 0.25) is 0 Å². The van der Waals surface area contributed by atoms with Crippen LogP contribution in [0.25, 0.3) is 5.69 Å². The van der Waals surface area contributed by atoms with Gasteiger partial charge in [0.05, 0.1) is 30.6 Å². The van der Waals surface area contributed by atoms with Crippen LogP contribution in [-0.4, -0.2) is 27.3 Å². The fraction of sp³-hybridized carbons (Fsp3) is 0.222. The van der Waals surface area contributed by atoms with E-state index in [0.29, 0.717) is 24.5 Å². The molecule has 0 saturated carbocycles. The van der Waals surface area contributed by atoms with E-state index in [1.165, 1.54) is 29.7 Å². The van der Waals surface area contributed by atoms with E-state index in [1.54, 1.807) is 17.8 Å². The number of ether oxygens (including phenoxy) is 2. The third kappa shape index (κ3) is 5.17. The van der Waals surface area contributed by atoms with Crippen molar-refractivity contribution in [2.45, 2.75) is 33.2 Å². The molecule has 0 atom stereocenters. The lowest BCUT2D eigenvalue weighted by atomic mass is 10.1. The molecular formula is C27H25N3O5. The molecule has 1 aliphatic rings. The van der Waals surface area contributed by atoms with Crippen molar-refractivity contribution in [2.24, 2.45) is 0 Å². The molecule has 0 amide bonds. The third-order valence-corrected chi connectivity index (χ3v) is 5.83. The molecule has 4 aromatic rings. The van der Waals surface area contributed by atoms with Gasteiger partial charge in [0.1, 0.15) is 18.6 Å². The Hall–Kier alpha value is -4.17. The predicted octanol–water partition coefficient (Wildman–Crippen LogP) is 4.10. The normalized spacial score (nSPS) is 12.9. The predicted molar refractivity (Wildman–Crippen MR) is 128 cm³/mol. The van der Waals surface area contributed by atoms with Crippen LogP contribution >= 0.6 is 0 Å². The first kappa shape index (κ1) is 22.6. The number of nitrogens with zero attached hydrogens (tertiary/aromatic N) is 3. The Morgan fingerprint density at radius 1 is 1.09 bits per heavy atom. The Morgan fingerprint density at radius 2 is 1.83 bits per heavy atom. The Balaban J connectivity index is 1.17. The summed E-state index contributed by atoms with van der Waals surface area (Å²) in [4.78, 5) is 26.6. The van der Waals surface area contributed by atoms with Crippen molar-refractivity contribution >= 4 is 5.97 Å². The topological polar surface area (TPSA) is 86.8 Å². The van der Waals surface area contributed by atoms with Crippen LogP contribution in [0, 0.1) is 0 Å². The molecule has 0 unspecified atom stereocenters. The molecule has 3 heterocycles. The summed E-state index contributed by atoms with van der Waals surface area (Å²) in [5.41, 5.74) is 4.48. The molecule has 8 heteroatoms. The third-order valence-electron chi connectivity index (χ3n) is 5.83. The van der Waals surface area contributed by atoms with E-state index in [2.05, 4.69) is 22.1 Å². The molecule has 0 saturated heterocycles. The van der Waals surface area contributed by atoms with Crippen LogP contribution in [0.15, 0.2) is 82.5 Å². The SMILES string of the molecule is CCOC(=O)c1cnn(-c2ccc(COc3coc(CN4Cc5ccccc5C4)cc3=O)cc2)c1. The minimum atomic E-state index is -0.404. The summed E-state index contributed by atoms with van der Waals surface area (Å²) >= 11 is 0. The molecule has 35 heavy (non-hydrogen) atoms. The molecule has 0 N–H and O–H groups in total. The second kappa shape index (κ2) is 9.99. The van der Waals surface area contributed by atoms with Crippen molar-refractivity contribution in [3.05, 3.63) is 111 Å². The van der Waals surface area contributed by atoms with Crippen molar-refractivity contribution < 1.29 is 18.7 Å². The number of hydrogen-bond acceptors (Lipinski definition) is 7. The molecule has 5 rings (SSSR count). The fourth-order valence-corrected chi connectivity index (χ4v) is 4.05. The lowest BCUT2D eigenvalue weighted by molar-refractivity contribution is 0.0526. The molecule has 0 bridgehead atoms. The van der Waals surface area contributed by atoms with Crippen LogP contribution in [0.4, 0.5) is 0 Å². The summed E-state index contributed by atoms with van der Waals surface area (Å²) in [5.74, 6) is 0.383. The average molecular weight is 472 g/mol. The highest BCUT2D eigenvalue weighted by Gasteiger charge is 2.19. The highest BCUT2D eigenvalue weighted by molar-refractivity contribution is 5.88. The largest absolute Gasteiger partial charge is 0.482 e. The first-order valence-corrected chi connectivity index (χ1v) is 11.4. The monoisotopic (exact) mass is 471 g/mol. The number of hydrogen-bond donors (Lipinski definition) is 0. The Bertz CT molecular complexity index is 1370. The van der Waals surface area contributed by atoms with Gasteiger partial charge in [-0.15, -0.1) is 0 Å². The molecule has 2 aromatic carbocycles. The van der Waals surface area contributed by atoms with E-state index < -0.39 is 5.97 Å². The number of rotatable bonds is 8. The smallest absolute Gasteiger partial charge is 0.341 e. The van der Waals surface area contributed by atoms with Crippen LogP contribution in [-0.2, 0) is 31.0 Å². The lowest BCUT2D eigenvalue weighted by Gasteiger charge is -2.14. The molecule has 0 radical (unpaired) electrons. The number of benzene rings is 2. The van der Waals surface area contributed by atoms with E-state index in [-0.39, 0.29) is 17.8 Å². The summed E-state index contributed by atoms with van der Waals surface area (Å²) < 4.78 is 18.0. The molecule has 0 spiro atoms. The molecular weight excluding hydrogens is 446 g/mol. The van der Waals surface area contributed by atoms with Gasteiger partial charge >= 0.3 is 5.97 Å². The first-order chi connectivity index (χ1) is 17.1. The number of carbonyl (C=O) groups is 1. The molecule has 1 aliphatic heterocycles. The van der Waals surface area contributed by atoms with E-state index in [0.717, 1.165) is 24.3 Å². The quantitative estimate of drug-likeness (QED) is 0.358. The summed E-state index contributed by atoms with van der Waals surface area (Å²) in [6.45, 7) is 4.55. The lowest BCUT2D eigenvalue weighted by Crippen LogP contribution is -2.17. The molecule has 8 nitrogen and oxygen atoms in total. The van der Waals surface area contributed by atoms with Crippen LogP contribution < -0.4 is 10.2 Å². The molecule has 0 fully saturated rings. The van der Waals surface area contributed by atoms with E-state index in [9.17, 15) is 9.59 Å². The Labute approximate surface area is 202 Å². The summed E-state index contributed by atoms with van der Waals surface area (Å²) in [7, 11) is 0. The van der Waals surface area contributed by atoms with Gasteiger partial charge in [-0.3, -0.25) is 9.69 Å². The Morgan fingerprint density at radius 3 is 2.51 bits per heavy atom. The van der Waals surface area contributed by atoms with Gasteiger partial charge in [0.25, 0.3) is 0 Å². The maximum absolute atomic E-state index is 12.5. The second-order valence-electron chi connectivity index (χ2n) is 8.34. The average Bonchev–Trinajstić information content (AvgIpc) is 3.51. The maximum Gasteiger partial charge on any atom is 0.341 e. The summed E-state index contributed by atoms with van der Waals surface area (Å²) in [6.07, 6.45) is 4.48. The van der Waals surface area contributed by atoms with Crippen LogP contribution in [0.1, 0.15) is 39.7 Å². The number of esters is 1. The van der Waals surface area contributed by atoms with Gasteiger partial charge in [-0.1, -0.05) is 36.4 Å². The Kier molecular flexibility index (Phi) is 6.45. The standard InChI is InChI=1S/C27H25N3O5/c1-2-33-27(32)22-12-28-30(15-22)23-9-7-19(8-10-23)17-35-26-18-34-24(11-25(26)31)16-29-13-20-5-3-4-6-21(20)14-29/h3-12,15,18H,2,13-14,16-17H2,1H3. The minimum Gasteiger partial charge on any atom is -0.482 e. The van der Waals surface area contributed by atoms with Gasteiger partial charge in [0, 0.05) is 25.4 Å². The first-order valence-electron chi connectivity index (χ1n) is 11.4. The van der Waals surface area contributed by atoms with Gasteiger partial charge in [0.15, 0.2) is 0 Å². The zero-order valence-electron chi connectivity index (χ0n) is 19.3. The van der Waals surface area contributed by atoms with E-state index in [4.69, 9.17) is 13.9 Å². The van der Waals surface area contributed by atoms with E-state index in [1.807, 2.05) is 36.4 Å². The fourth-order valence-electron chi connectivity index (χ4n) is 4.05. The maximum atomic E-state index is 12.5. The van der Waals surface area contributed by atoms with Crippen molar-refractivity contribution in [1.29, 1.82) is 0 Å².